The Morgan fingerprint density at radius 3 is 2.00 bits per heavy atom. The fraction of sp³-hybridized carbons (Fsp3) is 0.200. The van der Waals surface area contributed by atoms with Crippen molar-refractivity contribution >= 4 is 22.7 Å². The maximum Gasteiger partial charge on any atom is 0.0576 e. The van der Waals surface area contributed by atoms with Crippen molar-refractivity contribution in [1.82, 2.24) is 0 Å². The summed E-state index contributed by atoms with van der Waals surface area (Å²) in [6.07, 6.45) is 0. The summed E-state index contributed by atoms with van der Waals surface area (Å²) in [6.45, 7) is 2.86. The lowest BCUT2D eigenvalue weighted by atomic mass is 10.2. The first-order valence-electron chi connectivity index (χ1n) is 6.36. The minimum absolute atomic E-state index is 0.240. The maximum atomic E-state index is 5.90. The molecule has 2 aromatic carbocycles. The van der Waals surface area contributed by atoms with Crippen LogP contribution in [0.15, 0.2) is 48.5 Å². The molecule has 0 radical (unpaired) electrons. The van der Waals surface area contributed by atoms with Gasteiger partial charge in [0.15, 0.2) is 0 Å². The van der Waals surface area contributed by atoms with Gasteiger partial charge in [0.25, 0.3) is 0 Å². The number of anilines is 4. The molecule has 0 aromatic heterocycles. The number of para-hydroxylation sites is 4. The molecule has 100 valence electrons. The molecule has 0 aliphatic rings. The molecule has 0 bridgehead atoms. The van der Waals surface area contributed by atoms with Crippen LogP contribution in [-0.2, 0) is 0 Å². The first-order chi connectivity index (χ1) is 9.16. The van der Waals surface area contributed by atoms with Crippen molar-refractivity contribution in [3.8, 4) is 0 Å². The molecule has 0 saturated heterocycles. The zero-order valence-corrected chi connectivity index (χ0v) is 11.1. The molecule has 0 fully saturated rings. The van der Waals surface area contributed by atoms with E-state index in [2.05, 4.69) is 17.6 Å². The summed E-state index contributed by atoms with van der Waals surface area (Å²) in [7, 11) is 0. The third kappa shape index (κ3) is 3.55. The first-order valence-corrected chi connectivity index (χ1v) is 6.36. The fourth-order valence-corrected chi connectivity index (χ4v) is 1.87. The Bertz CT molecular complexity index is 539. The molecule has 0 amide bonds. The van der Waals surface area contributed by atoms with Crippen molar-refractivity contribution in [2.75, 3.05) is 28.6 Å². The van der Waals surface area contributed by atoms with Crippen molar-refractivity contribution in [3.63, 3.8) is 0 Å². The Hall–Kier alpha value is -2.36. The van der Waals surface area contributed by atoms with Crippen LogP contribution in [0.4, 0.5) is 22.7 Å². The van der Waals surface area contributed by atoms with Crippen LogP contribution >= 0.6 is 0 Å². The average molecular weight is 256 g/mol. The van der Waals surface area contributed by atoms with E-state index in [1.807, 2.05) is 48.5 Å². The summed E-state index contributed by atoms with van der Waals surface area (Å²) < 4.78 is 0. The van der Waals surface area contributed by atoms with Crippen molar-refractivity contribution < 1.29 is 0 Å². The fourth-order valence-electron chi connectivity index (χ4n) is 1.87. The highest BCUT2D eigenvalue weighted by molar-refractivity contribution is 5.67. The predicted octanol–water partition coefficient (Wildman–Crippen LogP) is 2.76. The van der Waals surface area contributed by atoms with Crippen LogP contribution in [0.1, 0.15) is 6.92 Å². The second-order valence-electron chi connectivity index (χ2n) is 4.60. The first kappa shape index (κ1) is 13.1. The third-order valence-electron chi connectivity index (χ3n) is 2.92. The van der Waals surface area contributed by atoms with Crippen LogP contribution in [0.5, 0.6) is 0 Å². The van der Waals surface area contributed by atoms with E-state index in [4.69, 9.17) is 11.5 Å². The van der Waals surface area contributed by atoms with E-state index in [0.717, 1.165) is 29.3 Å². The molecule has 0 aliphatic heterocycles. The van der Waals surface area contributed by atoms with Gasteiger partial charge in [0.1, 0.15) is 0 Å². The van der Waals surface area contributed by atoms with Gasteiger partial charge in [0.05, 0.1) is 22.7 Å². The second-order valence-corrected chi connectivity index (χ2v) is 4.60. The Morgan fingerprint density at radius 1 is 0.895 bits per heavy atom. The molecular weight excluding hydrogens is 236 g/mol. The molecule has 4 nitrogen and oxygen atoms in total. The zero-order valence-electron chi connectivity index (χ0n) is 11.1. The summed E-state index contributed by atoms with van der Waals surface area (Å²) in [5.41, 5.74) is 15.2. The molecule has 2 aromatic rings. The molecule has 1 atom stereocenters. The Morgan fingerprint density at radius 2 is 1.42 bits per heavy atom. The van der Waals surface area contributed by atoms with E-state index < -0.39 is 0 Å². The molecule has 0 spiro atoms. The van der Waals surface area contributed by atoms with Gasteiger partial charge in [0, 0.05) is 12.6 Å². The summed E-state index contributed by atoms with van der Waals surface area (Å²) in [5, 5.41) is 6.70. The van der Waals surface area contributed by atoms with Gasteiger partial charge in [0.2, 0.25) is 0 Å². The molecular formula is C15H20N4. The van der Waals surface area contributed by atoms with E-state index in [1.54, 1.807) is 0 Å². The molecule has 0 heterocycles. The standard InChI is InChI=1S/C15H20N4/c1-11(19-15-9-5-3-7-13(15)17)10-18-14-8-4-2-6-12(14)16/h2-9,11,18-19H,10,16-17H2,1H3. The van der Waals surface area contributed by atoms with E-state index in [-0.39, 0.29) is 6.04 Å². The summed E-state index contributed by atoms with van der Waals surface area (Å²) in [5.74, 6) is 0. The Labute approximate surface area is 113 Å². The number of hydrogen-bond donors (Lipinski definition) is 4. The van der Waals surface area contributed by atoms with Gasteiger partial charge in [-0.2, -0.15) is 0 Å². The van der Waals surface area contributed by atoms with Crippen molar-refractivity contribution in [3.05, 3.63) is 48.5 Å². The molecule has 0 saturated carbocycles. The van der Waals surface area contributed by atoms with Crippen LogP contribution in [0.2, 0.25) is 0 Å². The Kier molecular flexibility index (Phi) is 4.13. The monoisotopic (exact) mass is 256 g/mol. The Balaban J connectivity index is 1.90. The van der Waals surface area contributed by atoms with Gasteiger partial charge in [-0.15, -0.1) is 0 Å². The number of hydrogen-bond acceptors (Lipinski definition) is 4. The van der Waals surface area contributed by atoms with Crippen LogP contribution in [0, 0.1) is 0 Å². The molecule has 2 rings (SSSR count). The minimum Gasteiger partial charge on any atom is -0.397 e. The van der Waals surface area contributed by atoms with E-state index >= 15 is 0 Å². The quantitative estimate of drug-likeness (QED) is 0.620. The molecule has 1 unspecified atom stereocenters. The summed E-state index contributed by atoms with van der Waals surface area (Å²) in [6, 6.07) is 15.7. The van der Waals surface area contributed by atoms with Crippen LogP contribution in [0.3, 0.4) is 0 Å². The number of benzene rings is 2. The second kappa shape index (κ2) is 6.00. The van der Waals surface area contributed by atoms with Gasteiger partial charge in [-0.3, -0.25) is 0 Å². The lowest BCUT2D eigenvalue weighted by molar-refractivity contribution is 0.836. The predicted molar refractivity (Wildman–Crippen MR) is 83.3 cm³/mol. The van der Waals surface area contributed by atoms with Gasteiger partial charge >= 0.3 is 0 Å². The highest BCUT2D eigenvalue weighted by Gasteiger charge is 2.05. The van der Waals surface area contributed by atoms with Crippen LogP contribution in [-0.4, -0.2) is 12.6 Å². The van der Waals surface area contributed by atoms with E-state index in [9.17, 15) is 0 Å². The largest absolute Gasteiger partial charge is 0.397 e. The van der Waals surface area contributed by atoms with Crippen LogP contribution < -0.4 is 22.1 Å². The summed E-state index contributed by atoms with van der Waals surface area (Å²) >= 11 is 0. The molecule has 19 heavy (non-hydrogen) atoms. The number of nitrogens with two attached hydrogens (primary N) is 2. The van der Waals surface area contributed by atoms with Gasteiger partial charge in [-0.25, -0.2) is 0 Å². The lowest BCUT2D eigenvalue weighted by Crippen LogP contribution is -2.25. The maximum absolute atomic E-state index is 5.90. The van der Waals surface area contributed by atoms with Crippen LogP contribution in [0.25, 0.3) is 0 Å². The number of nitrogen functional groups attached to an aromatic ring is 2. The van der Waals surface area contributed by atoms with Crippen molar-refractivity contribution in [2.45, 2.75) is 13.0 Å². The van der Waals surface area contributed by atoms with Gasteiger partial charge in [-0.05, 0) is 31.2 Å². The zero-order chi connectivity index (χ0) is 13.7. The smallest absolute Gasteiger partial charge is 0.0576 e. The van der Waals surface area contributed by atoms with Gasteiger partial charge in [-0.1, -0.05) is 24.3 Å². The number of nitrogens with one attached hydrogen (secondary N) is 2. The highest BCUT2D eigenvalue weighted by Crippen LogP contribution is 2.19. The average Bonchev–Trinajstić information content (AvgIpc) is 2.40. The summed E-state index contributed by atoms with van der Waals surface area (Å²) in [4.78, 5) is 0. The van der Waals surface area contributed by atoms with Gasteiger partial charge < -0.3 is 22.1 Å². The van der Waals surface area contributed by atoms with Crippen molar-refractivity contribution in [2.24, 2.45) is 0 Å². The SMILES string of the molecule is CC(CNc1ccccc1N)Nc1ccccc1N. The minimum atomic E-state index is 0.240. The van der Waals surface area contributed by atoms with E-state index in [0.29, 0.717) is 0 Å². The van der Waals surface area contributed by atoms with Crippen molar-refractivity contribution in [1.29, 1.82) is 0 Å². The topological polar surface area (TPSA) is 76.1 Å². The highest BCUT2D eigenvalue weighted by atomic mass is 15.0. The van der Waals surface area contributed by atoms with E-state index in [1.165, 1.54) is 0 Å². The third-order valence-corrected chi connectivity index (χ3v) is 2.92. The number of rotatable bonds is 5. The molecule has 0 aliphatic carbocycles. The normalized spacial score (nSPS) is 11.8. The lowest BCUT2D eigenvalue weighted by Gasteiger charge is -2.18. The molecule has 6 N–H and O–H groups in total. The molecule has 4 heteroatoms.